The van der Waals surface area contributed by atoms with Gasteiger partial charge in [0.1, 0.15) is 0 Å². The molecular formula is C27H21Cl2N2O2PS. The molecule has 0 fully saturated rings. The second-order valence-electron chi connectivity index (χ2n) is 7.63. The van der Waals surface area contributed by atoms with Crippen molar-refractivity contribution in [2.75, 3.05) is 5.09 Å². The molecule has 4 aromatic rings. The van der Waals surface area contributed by atoms with Crippen molar-refractivity contribution in [3.8, 4) is 11.3 Å². The monoisotopic (exact) mass is 538 g/mol. The van der Waals surface area contributed by atoms with Crippen molar-refractivity contribution in [2.24, 2.45) is 0 Å². The molecule has 0 aliphatic carbocycles. The van der Waals surface area contributed by atoms with Crippen LogP contribution in [-0.2, 0) is 4.57 Å². The lowest BCUT2D eigenvalue weighted by Gasteiger charge is -2.13. The molecule has 0 aliphatic rings. The molecule has 0 bridgehead atoms. The van der Waals surface area contributed by atoms with Crippen molar-refractivity contribution in [2.45, 2.75) is 6.92 Å². The van der Waals surface area contributed by atoms with Crippen molar-refractivity contribution in [3.63, 3.8) is 0 Å². The predicted molar refractivity (Wildman–Crippen MR) is 149 cm³/mol. The third-order valence-electron chi connectivity index (χ3n) is 4.97. The lowest BCUT2D eigenvalue weighted by Crippen LogP contribution is -1.94. The summed E-state index contributed by atoms with van der Waals surface area (Å²) in [6.07, 6.45) is 0. The highest BCUT2D eigenvalue weighted by Crippen LogP contribution is 2.54. The van der Waals surface area contributed by atoms with Gasteiger partial charge in [-0.25, -0.2) is 4.98 Å². The minimum atomic E-state index is -3.51. The molecule has 0 saturated carbocycles. The van der Waals surface area contributed by atoms with Crippen LogP contribution in [0.5, 0.6) is 0 Å². The Hall–Kier alpha value is -2.95. The Labute approximate surface area is 218 Å². The van der Waals surface area contributed by atoms with Crippen LogP contribution in [0.3, 0.4) is 0 Å². The van der Waals surface area contributed by atoms with Gasteiger partial charge in [0, 0.05) is 24.1 Å². The highest BCUT2D eigenvalue weighted by molar-refractivity contribution is 7.72. The Morgan fingerprint density at radius 1 is 0.829 bits per heavy atom. The van der Waals surface area contributed by atoms with Gasteiger partial charge >= 0.3 is 0 Å². The van der Waals surface area contributed by atoms with E-state index in [2.05, 4.69) is 10.1 Å². The topological polar surface area (TPSA) is 59.1 Å². The summed E-state index contributed by atoms with van der Waals surface area (Å²) in [5.41, 5.74) is 2.77. The smallest absolute Gasteiger partial charge is 0.217 e. The van der Waals surface area contributed by atoms with E-state index in [-0.39, 0.29) is 5.78 Å². The average Bonchev–Trinajstić information content (AvgIpc) is 3.29. The molecule has 0 saturated heterocycles. The van der Waals surface area contributed by atoms with Gasteiger partial charge in [-0.3, -0.25) is 9.36 Å². The van der Waals surface area contributed by atoms with Crippen LogP contribution in [0.25, 0.3) is 21.3 Å². The van der Waals surface area contributed by atoms with Gasteiger partial charge in [-0.15, -0.1) is 0 Å². The Kier molecular flexibility index (Phi) is 8.04. The summed E-state index contributed by atoms with van der Waals surface area (Å²) in [6, 6.07) is 27.9. The zero-order chi connectivity index (χ0) is 24.8. The third kappa shape index (κ3) is 6.39. The highest BCUT2D eigenvalue weighted by Gasteiger charge is 2.24. The zero-order valence-electron chi connectivity index (χ0n) is 18.7. The summed E-state index contributed by atoms with van der Waals surface area (Å²) in [5, 5.41) is 3.98. The number of hydrogen-bond donors (Lipinski definition) is 1. The van der Waals surface area contributed by atoms with Gasteiger partial charge in [0.2, 0.25) is 7.29 Å². The van der Waals surface area contributed by atoms with E-state index in [0.29, 0.717) is 36.9 Å². The Bertz CT molecular complexity index is 1380. The fourth-order valence-corrected chi connectivity index (χ4v) is 7.32. The van der Waals surface area contributed by atoms with Gasteiger partial charge in [-0.1, -0.05) is 126 Å². The van der Waals surface area contributed by atoms with Gasteiger partial charge < -0.3 is 5.09 Å². The van der Waals surface area contributed by atoms with Gasteiger partial charge in [0.05, 0.1) is 20.6 Å². The number of rotatable bonds is 8. The summed E-state index contributed by atoms with van der Waals surface area (Å²) >= 11 is 14.3. The summed E-state index contributed by atoms with van der Waals surface area (Å²) in [7, 11) is -3.51. The molecule has 0 atom stereocenters. The van der Waals surface area contributed by atoms with Crippen molar-refractivity contribution in [1.82, 2.24) is 4.98 Å². The van der Waals surface area contributed by atoms with E-state index < -0.39 is 7.29 Å². The lowest BCUT2D eigenvalue weighted by molar-refractivity contribution is 0.102. The van der Waals surface area contributed by atoms with Gasteiger partial charge in [0.15, 0.2) is 10.9 Å². The molecule has 1 N–H and O–H groups in total. The molecule has 0 amide bonds. The zero-order valence-corrected chi connectivity index (χ0v) is 21.9. The van der Waals surface area contributed by atoms with E-state index in [4.69, 9.17) is 23.2 Å². The number of anilines is 1. The summed E-state index contributed by atoms with van der Waals surface area (Å²) in [5.74, 6) is 2.80. The van der Waals surface area contributed by atoms with Crippen LogP contribution >= 0.6 is 41.8 Å². The molecule has 3 aromatic carbocycles. The number of nitrogens with zero attached hydrogens (tertiary/aromatic N) is 1. The van der Waals surface area contributed by atoms with Crippen molar-refractivity contribution >= 4 is 62.8 Å². The number of halogens is 2. The average molecular weight is 539 g/mol. The number of Topliss-reactive ketones (excluding diaryl/α,β-unsaturated/α-hetero) is 1. The lowest BCUT2D eigenvalue weighted by atomic mass is 10.1. The molecule has 4 nitrogen and oxygen atoms in total. The molecule has 0 aliphatic heterocycles. The molecule has 35 heavy (non-hydrogen) atoms. The van der Waals surface area contributed by atoms with Crippen LogP contribution in [-0.4, -0.2) is 10.8 Å². The minimum Gasteiger partial charge on any atom is -0.306 e. The molecule has 8 heteroatoms. The number of carbonyl (C=O) groups excluding carboxylic acids is 1. The number of ketones is 1. The maximum atomic E-state index is 14.2. The van der Waals surface area contributed by atoms with Crippen molar-refractivity contribution < 1.29 is 9.36 Å². The van der Waals surface area contributed by atoms with Gasteiger partial charge in [0.25, 0.3) is 0 Å². The van der Waals surface area contributed by atoms with Crippen LogP contribution in [0.1, 0.15) is 27.7 Å². The summed E-state index contributed by atoms with van der Waals surface area (Å²) < 4.78 is 14.2. The second-order valence-corrected chi connectivity index (χ2v) is 11.6. The van der Waals surface area contributed by atoms with Crippen LogP contribution in [0.2, 0.25) is 0 Å². The molecule has 0 radical (unpaired) electrons. The molecule has 176 valence electrons. The minimum absolute atomic E-state index is 0.125. The van der Waals surface area contributed by atoms with Crippen molar-refractivity contribution in [1.29, 1.82) is 0 Å². The van der Waals surface area contributed by atoms with Crippen LogP contribution < -0.4 is 5.09 Å². The third-order valence-corrected chi connectivity index (χ3v) is 9.00. The van der Waals surface area contributed by atoms with E-state index in [1.807, 2.05) is 91.0 Å². The van der Waals surface area contributed by atoms with E-state index in [1.54, 1.807) is 0 Å². The fraction of sp³-hybridized carbons (Fsp3) is 0.0370. The largest absolute Gasteiger partial charge is 0.306 e. The first-order valence-corrected chi connectivity index (χ1v) is 14.1. The fourth-order valence-electron chi connectivity index (χ4n) is 3.33. The van der Waals surface area contributed by atoms with E-state index in [9.17, 15) is 9.36 Å². The first-order valence-electron chi connectivity index (χ1n) is 10.7. The van der Waals surface area contributed by atoms with Gasteiger partial charge in [-0.2, -0.15) is 0 Å². The molecule has 1 heterocycles. The molecule has 4 rings (SSSR count). The number of carbonyl (C=O) groups is 1. The van der Waals surface area contributed by atoms with Crippen molar-refractivity contribution in [3.05, 3.63) is 119 Å². The Morgan fingerprint density at radius 2 is 1.29 bits per heavy atom. The molecule has 0 unspecified atom stereocenters. The Balaban J connectivity index is 1.79. The number of hydrogen-bond acceptors (Lipinski definition) is 4. The van der Waals surface area contributed by atoms with E-state index >= 15 is 0 Å². The molecule has 1 aromatic heterocycles. The molecule has 0 spiro atoms. The highest BCUT2D eigenvalue weighted by atomic mass is 35.5. The van der Waals surface area contributed by atoms with Crippen LogP contribution in [0, 0.1) is 0 Å². The maximum absolute atomic E-state index is 14.2. The SMILES string of the molecule is CC(=O)c1sc(NP(=O)(/C=C(\Cl)c2ccccc2)/C=C(\Cl)c2ccccc2)nc1-c1ccccc1. The van der Waals surface area contributed by atoms with E-state index in [0.717, 1.165) is 16.9 Å². The van der Waals surface area contributed by atoms with Crippen LogP contribution in [0.4, 0.5) is 5.13 Å². The normalized spacial score (nSPS) is 12.4. The van der Waals surface area contributed by atoms with Gasteiger partial charge in [-0.05, 0) is 11.1 Å². The molecular weight excluding hydrogens is 518 g/mol. The van der Waals surface area contributed by atoms with E-state index in [1.165, 1.54) is 18.6 Å². The Morgan fingerprint density at radius 3 is 1.74 bits per heavy atom. The first-order chi connectivity index (χ1) is 16.8. The quantitative estimate of drug-likeness (QED) is 0.179. The number of aromatic nitrogens is 1. The standard InChI is InChI=1S/C27H21Cl2N2O2PS/c1-19(32)26-25(22-15-9-4-10-16-22)30-27(35-26)31-34(33,17-23(28)20-11-5-2-6-12-20)18-24(29)21-13-7-3-8-14-21/h2-18H,1H3,(H,30,31,33)/b23-17-,24-18-. The van der Waals surface area contributed by atoms with Crippen LogP contribution in [0.15, 0.2) is 103 Å². The first kappa shape index (κ1) is 25.2. The number of benzene rings is 3. The maximum Gasteiger partial charge on any atom is 0.217 e. The predicted octanol–water partition coefficient (Wildman–Crippen LogP) is 9.18. The second kappa shape index (κ2) is 11.2. The number of nitrogens with one attached hydrogen (secondary N) is 1. The summed E-state index contributed by atoms with van der Waals surface area (Å²) in [4.78, 5) is 17.4. The number of thiazole rings is 1. The summed E-state index contributed by atoms with van der Waals surface area (Å²) in [6.45, 7) is 1.49.